The van der Waals surface area contributed by atoms with E-state index in [1.54, 1.807) is 0 Å². The van der Waals surface area contributed by atoms with Crippen molar-refractivity contribution in [2.24, 2.45) is 11.7 Å². The van der Waals surface area contributed by atoms with E-state index >= 15 is 0 Å². The molecule has 1 atom stereocenters. The van der Waals surface area contributed by atoms with Crippen LogP contribution < -0.4 is 11.2 Å². The lowest BCUT2D eigenvalue weighted by Crippen LogP contribution is -2.30. The molecule has 0 aliphatic carbocycles. The lowest BCUT2D eigenvalue weighted by Gasteiger charge is -2.11. The van der Waals surface area contributed by atoms with E-state index in [-0.39, 0.29) is 6.42 Å². The number of aryl methyl sites for hydroxylation is 1. The normalized spacial score (nSPS) is 11.8. The minimum absolute atomic E-state index is 0.0688. The molecule has 0 fully saturated rings. The number of amides is 2. The molecule has 18 heavy (non-hydrogen) atoms. The third-order valence-electron chi connectivity index (χ3n) is 2.82. The second-order valence-electron chi connectivity index (χ2n) is 4.22. The molecule has 2 amide bonds. The highest BCUT2D eigenvalue weighted by atomic mass is 16.5. The minimum Gasteiger partial charge on any atom is -0.369 e. The highest BCUT2D eigenvalue weighted by Gasteiger charge is 2.18. The molecular formula is C13H18N2O3. The molecule has 1 aromatic carbocycles. The molecule has 0 aromatic heterocycles. The fourth-order valence-electron chi connectivity index (χ4n) is 1.81. The second kappa shape index (κ2) is 7.45. The molecule has 0 spiro atoms. The highest BCUT2D eigenvalue weighted by Crippen LogP contribution is 2.13. The van der Waals surface area contributed by atoms with E-state index in [1.807, 2.05) is 30.3 Å². The molecule has 0 aliphatic rings. The van der Waals surface area contributed by atoms with Crippen molar-refractivity contribution in [3.8, 4) is 0 Å². The summed E-state index contributed by atoms with van der Waals surface area (Å²) in [5.41, 5.74) is 7.92. The Morgan fingerprint density at radius 1 is 1.28 bits per heavy atom. The SMILES string of the molecule is NC(=O)[C@H](CCCc1ccccc1)CC(=O)NO. The van der Waals surface area contributed by atoms with E-state index in [4.69, 9.17) is 10.9 Å². The average molecular weight is 250 g/mol. The Balaban J connectivity index is 2.38. The topological polar surface area (TPSA) is 92.4 Å². The summed E-state index contributed by atoms with van der Waals surface area (Å²) < 4.78 is 0. The van der Waals surface area contributed by atoms with E-state index in [1.165, 1.54) is 11.0 Å². The maximum Gasteiger partial charge on any atom is 0.244 e. The first-order valence-electron chi connectivity index (χ1n) is 5.89. The van der Waals surface area contributed by atoms with Crippen LogP contribution in [0.25, 0.3) is 0 Å². The van der Waals surface area contributed by atoms with Gasteiger partial charge >= 0.3 is 0 Å². The molecule has 1 rings (SSSR count). The van der Waals surface area contributed by atoms with Gasteiger partial charge in [-0.15, -0.1) is 0 Å². The maximum atomic E-state index is 11.2. The van der Waals surface area contributed by atoms with Crippen molar-refractivity contribution in [2.45, 2.75) is 25.7 Å². The van der Waals surface area contributed by atoms with E-state index in [0.717, 1.165) is 12.8 Å². The highest BCUT2D eigenvalue weighted by molar-refractivity contribution is 5.84. The number of carbonyl (C=O) groups is 2. The van der Waals surface area contributed by atoms with Gasteiger partial charge < -0.3 is 5.73 Å². The third kappa shape index (κ3) is 4.97. The van der Waals surface area contributed by atoms with Gasteiger partial charge in [0, 0.05) is 12.3 Å². The summed E-state index contributed by atoms with van der Waals surface area (Å²) in [5.74, 6) is -1.62. The van der Waals surface area contributed by atoms with E-state index in [0.29, 0.717) is 6.42 Å². The Hall–Kier alpha value is -1.88. The Bertz CT molecular complexity index is 392. The van der Waals surface area contributed by atoms with Crippen LogP contribution in [-0.4, -0.2) is 17.0 Å². The maximum absolute atomic E-state index is 11.2. The predicted octanol–water partition coefficient (Wildman–Crippen LogP) is 1.01. The second-order valence-corrected chi connectivity index (χ2v) is 4.22. The number of carbonyl (C=O) groups excluding carboxylic acids is 2. The molecule has 0 unspecified atom stereocenters. The molecule has 4 N–H and O–H groups in total. The van der Waals surface area contributed by atoms with Crippen molar-refractivity contribution in [3.05, 3.63) is 35.9 Å². The number of nitrogens with one attached hydrogen (secondary N) is 1. The zero-order valence-corrected chi connectivity index (χ0v) is 10.1. The third-order valence-corrected chi connectivity index (χ3v) is 2.82. The Morgan fingerprint density at radius 3 is 2.50 bits per heavy atom. The summed E-state index contributed by atoms with van der Waals surface area (Å²) in [6, 6.07) is 9.89. The molecule has 5 nitrogen and oxygen atoms in total. The van der Waals surface area contributed by atoms with Gasteiger partial charge in [-0.25, -0.2) is 5.48 Å². The molecule has 1 aromatic rings. The number of rotatable bonds is 7. The monoisotopic (exact) mass is 250 g/mol. The number of hydrogen-bond donors (Lipinski definition) is 3. The van der Waals surface area contributed by atoms with Gasteiger partial charge in [0.25, 0.3) is 0 Å². The van der Waals surface area contributed by atoms with Crippen molar-refractivity contribution in [2.75, 3.05) is 0 Å². The Kier molecular flexibility index (Phi) is 5.87. The molecule has 0 saturated heterocycles. The molecule has 0 saturated carbocycles. The van der Waals surface area contributed by atoms with Crippen molar-refractivity contribution >= 4 is 11.8 Å². The Labute approximate surface area is 106 Å². The van der Waals surface area contributed by atoms with Crippen LogP contribution in [0, 0.1) is 5.92 Å². The lowest BCUT2D eigenvalue weighted by atomic mass is 9.96. The molecule has 5 heteroatoms. The molecular weight excluding hydrogens is 232 g/mol. The van der Waals surface area contributed by atoms with Crippen LogP contribution in [0.5, 0.6) is 0 Å². The number of nitrogens with two attached hydrogens (primary N) is 1. The van der Waals surface area contributed by atoms with Gasteiger partial charge in [0.15, 0.2) is 0 Å². The number of benzene rings is 1. The van der Waals surface area contributed by atoms with Crippen LogP contribution in [0.3, 0.4) is 0 Å². The fraction of sp³-hybridized carbons (Fsp3) is 0.385. The quantitative estimate of drug-likeness (QED) is 0.498. The Morgan fingerprint density at radius 2 is 1.94 bits per heavy atom. The van der Waals surface area contributed by atoms with E-state index < -0.39 is 17.7 Å². The van der Waals surface area contributed by atoms with Crippen LogP contribution in [-0.2, 0) is 16.0 Å². The lowest BCUT2D eigenvalue weighted by molar-refractivity contribution is -0.133. The molecule has 0 aliphatic heterocycles. The van der Waals surface area contributed by atoms with Crippen LogP contribution in [0.1, 0.15) is 24.8 Å². The molecule has 0 radical (unpaired) electrons. The molecule has 0 bridgehead atoms. The first kappa shape index (κ1) is 14.2. The number of hydrogen-bond acceptors (Lipinski definition) is 3. The van der Waals surface area contributed by atoms with Gasteiger partial charge in [-0.05, 0) is 24.8 Å². The minimum atomic E-state index is -0.585. The van der Waals surface area contributed by atoms with Gasteiger partial charge in [-0.2, -0.15) is 0 Å². The van der Waals surface area contributed by atoms with Crippen molar-refractivity contribution in [1.29, 1.82) is 0 Å². The summed E-state index contributed by atoms with van der Waals surface area (Å²) in [7, 11) is 0. The number of hydroxylamine groups is 1. The zero-order valence-electron chi connectivity index (χ0n) is 10.1. The van der Waals surface area contributed by atoms with E-state index in [9.17, 15) is 9.59 Å². The van der Waals surface area contributed by atoms with Crippen molar-refractivity contribution in [1.82, 2.24) is 5.48 Å². The summed E-state index contributed by atoms with van der Waals surface area (Å²) in [4.78, 5) is 22.1. The van der Waals surface area contributed by atoms with Gasteiger partial charge in [0.05, 0.1) is 0 Å². The molecule has 98 valence electrons. The summed E-state index contributed by atoms with van der Waals surface area (Å²) in [6.07, 6.45) is 2.08. The smallest absolute Gasteiger partial charge is 0.244 e. The standard InChI is InChI=1S/C13H18N2O3/c14-13(17)11(9-12(16)15-18)8-4-7-10-5-2-1-3-6-10/h1-3,5-6,11,18H,4,7-9H2,(H2,14,17)(H,15,16)/t11-/m1/s1. The fourth-order valence-corrected chi connectivity index (χ4v) is 1.81. The average Bonchev–Trinajstić information content (AvgIpc) is 2.38. The van der Waals surface area contributed by atoms with Gasteiger partial charge in [-0.3, -0.25) is 14.8 Å². The first-order chi connectivity index (χ1) is 8.63. The number of primary amides is 1. The van der Waals surface area contributed by atoms with Crippen LogP contribution in [0.4, 0.5) is 0 Å². The van der Waals surface area contributed by atoms with Crippen molar-refractivity contribution < 1.29 is 14.8 Å². The van der Waals surface area contributed by atoms with Crippen LogP contribution in [0.15, 0.2) is 30.3 Å². The van der Waals surface area contributed by atoms with Gasteiger partial charge in [0.2, 0.25) is 11.8 Å². The van der Waals surface area contributed by atoms with Gasteiger partial charge in [-0.1, -0.05) is 30.3 Å². The predicted molar refractivity (Wildman–Crippen MR) is 66.6 cm³/mol. The van der Waals surface area contributed by atoms with E-state index in [2.05, 4.69) is 0 Å². The summed E-state index contributed by atoms with van der Waals surface area (Å²) in [5, 5.41) is 8.42. The molecule has 0 heterocycles. The van der Waals surface area contributed by atoms with Crippen LogP contribution >= 0.6 is 0 Å². The first-order valence-corrected chi connectivity index (χ1v) is 5.89. The van der Waals surface area contributed by atoms with Crippen LogP contribution in [0.2, 0.25) is 0 Å². The van der Waals surface area contributed by atoms with Crippen molar-refractivity contribution in [3.63, 3.8) is 0 Å². The van der Waals surface area contributed by atoms with Gasteiger partial charge in [0.1, 0.15) is 0 Å². The summed E-state index contributed by atoms with van der Waals surface area (Å²) in [6.45, 7) is 0. The summed E-state index contributed by atoms with van der Waals surface area (Å²) >= 11 is 0. The largest absolute Gasteiger partial charge is 0.369 e. The zero-order chi connectivity index (χ0) is 13.4.